The van der Waals surface area contributed by atoms with Crippen molar-refractivity contribution in [2.24, 2.45) is 38.7 Å². The highest BCUT2D eigenvalue weighted by molar-refractivity contribution is 7.80. The summed E-state index contributed by atoms with van der Waals surface area (Å²) in [5.74, 6) is -5.30. The Morgan fingerprint density at radius 2 is 1.19 bits per heavy atom. The van der Waals surface area contributed by atoms with E-state index in [4.69, 9.17) is 28.7 Å². The van der Waals surface area contributed by atoms with Gasteiger partial charge in [0.25, 0.3) is 0 Å². The van der Waals surface area contributed by atoms with Crippen LogP contribution >= 0.6 is 12.6 Å². The number of amides is 4. The Hall–Kier alpha value is -4.82. The topological polar surface area (TPSA) is 349 Å². The van der Waals surface area contributed by atoms with Crippen LogP contribution in [0.25, 0.3) is 0 Å². The molecule has 0 unspecified atom stereocenters. The van der Waals surface area contributed by atoms with Gasteiger partial charge in [-0.3, -0.25) is 29.2 Å². The summed E-state index contributed by atoms with van der Waals surface area (Å²) < 4.78 is 0. The van der Waals surface area contributed by atoms with Gasteiger partial charge in [0.1, 0.15) is 29.9 Å². The number of aliphatic carboxylic acids is 1. The van der Waals surface area contributed by atoms with E-state index < -0.39 is 66.4 Å². The SMILES string of the molecule is NC(N)=NCCC[C@H](NC(=O)[C@H](CS)NC(=O)[C@H](Cc1ccc(O)cc1)NC(=O)[C@H](CO)NC(=O)[C@@H](N)CCCN=C(N)N)C(=O)O. The molecule has 0 fully saturated rings. The lowest BCUT2D eigenvalue weighted by Crippen LogP contribution is -2.60. The third kappa shape index (κ3) is 15.8. The molecule has 47 heavy (non-hydrogen) atoms. The number of rotatable bonds is 21. The molecule has 4 amide bonds. The number of carboxylic acid groups (broad SMARTS) is 1. The van der Waals surface area contributed by atoms with Crippen LogP contribution in [0.15, 0.2) is 34.3 Å². The van der Waals surface area contributed by atoms with Gasteiger partial charge in [-0.2, -0.15) is 12.6 Å². The summed E-state index contributed by atoms with van der Waals surface area (Å²) in [7, 11) is 0. The number of guanidine groups is 2. The molecule has 0 bridgehead atoms. The molecule has 0 saturated heterocycles. The van der Waals surface area contributed by atoms with Gasteiger partial charge in [0.15, 0.2) is 11.9 Å². The lowest BCUT2D eigenvalue weighted by Gasteiger charge is -2.25. The van der Waals surface area contributed by atoms with E-state index in [0.717, 1.165) is 0 Å². The Labute approximate surface area is 276 Å². The first-order valence-corrected chi connectivity index (χ1v) is 15.1. The van der Waals surface area contributed by atoms with Crippen molar-refractivity contribution in [1.82, 2.24) is 21.3 Å². The van der Waals surface area contributed by atoms with Crippen molar-refractivity contribution in [1.29, 1.82) is 0 Å². The molecule has 1 aromatic rings. The van der Waals surface area contributed by atoms with E-state index in [1.165, 1.54) is 24.3 Å². The average Bonchev–Trinajstić information content (AvgIpc) is 3.01. The Kier molecular flexibility index (Phi) is 18.0. The monoisotopic (exact) mass is 683 g/mol. The van der Waals surface area contributed by atoms with Gasteiger partial charge in [0.2, 0.25) is 23.6 Å². The fourth-order valence-corrected chi connectivity index (χ4v) is 4.23. The van der Waals surface area contributed by atoms with Crippen molar-refractivity contribution in [2.75, 3.05) is 25.4 Å². The van der Waals surface area contributed by atoms with Gasteiger partial charge in [0.05, 0.1) is 12.6 Å². The Bertz CT molecular complexity index is 1260. The van der Waals surface area contributed by atoms with Crippen molar-refractivity contribution in [2.45, 2.75) is 62.3 Å². The predicted molar refractivity (Wildman–Crippen MR) is 176 cm³/mol. The van der Waals surface area contributed by atoms with E-state index in [2.05, 4.69) is 43.9 Å². The molecule has 5 atom stereocenters. The molecule has 0 spiro atoms. The van der Waals surface area contributed by atoms with Crippen LogP contribution in [0.4, 0.5) is 0 Å². The highest BCUT2D eigenvalue weighted by Gasteiger charge is 2.31. The average molecular weight is 684 g/mol. The van der Waals surface area contributed by atoms with Gasteiger partial charge in [-0.25, -0.2) is 4.79 Å². The highest BCUT2D eigenvalue weighted by Crippen LogP contribution is 2.12. The first-order chi connectivity index (χ1) is 22.2. The van der Waals surface area contributed by atoms with Gasteiger partial charge in [-0.15, -0.1) is 0 Å². The summed E-state index contributed by atoms with van der Waals surface area (Å²) in [6.07, 6.45) is 0.610. The van der Waals surface area contributed by atoms with Crippen LogP contribution in [-0.2, 0) is 30.4 Å². The molecular weight excluding hydrogens is 638 g/mol. The number of aliphatic hydroxyl groups is 1. The van der Waals surface area contributed by atoms with Crippen LogP contribution < -0.4 is 49.9 Å². The summed E-state index contributed by atoms with van der Waals surface area (Å²) in [6, 6.07) is -0.852. The molecule has 0 aliphatic heterocycles. The second-order valence-electron chi connectivity index (χ2n) is 10.3. The van der Waals surface area contributed by atoms with Crippen LogP contribution in [-0.4, -0.2) is 112 Å². The second kappa shape index (κ2) is 21.1. The number of aliphatic imine (C=N–C) groups is 2. The number of benzene rings is 1. The van der Waals surface area contributed by atoms with Gasteiger partial charge in [-0.1, -0.05) is 12.1 Å². The van der Waals surface area contributed by atoms with E-state index in [1.54, 1.807) is 0 Å². The number of phenolic OH excluding ortho intramolecular Hbond substituents is 1. The molecular formula is C27H45N11O8S. The van der Waals surface area contributed by atoms with Crippen molar-refractivity contribution in [3.05, 3.63) is 29.8 Å². The number of aromatic hydroxyl groups is 1. The number of hydrogen-bond acceptors (Lipinski definition) is 11. The molecule has 1 aromatic carbocycles. The number of nitrogens with two attached hydrogens (primary N) is 5. The van der Waals surface area contributed by atoms with E-state index in [0.29, 0.717) is 12.0 Å². The number of carbonyl (C=O) groups excluding carboxylic acids is 4. The summed E-state index contributed by atoms with van der Waals surface area (Å²) >= 11 is 4.11. The summed E-state index contributed by atoms with van der Waals surface area (Å²) in [5, 5.41) is 38.6. The van der Waals surface area contributed by atoms with Gasteiger partial charge < -0.3 is 65.3 Å². The number of carboxylic acids is 1. The van der Waals surface area contributed by atoms with Crippen molar-refractivity contribution in [3.63, 3.8) is 0 Å². The second-order valence-corrected chi connectivity index (χ2v) is 10.7. The maximum atomic E-state index is 13.4. The lowest BCUT2D eigenvalue weighted by atomic mass is 10.0. The molecule has 0 aliphatic carbocycles. The molecule has 0 heterocycles. The fraction of sp³-hybridized carbons (Fsp3) is 0.519. The summed E-state index contributed by atoms with van der Waals surface area (Å²) in [6.45, 7) is -0.482. The summed E-state index contributed by atoms with van der Waals surface area (Å²) in [4.78, 5) is 71.3. The van der Waals surface area contributed by atoms with Crippen LogP contribution in [0, 0.1) is 0 Å². The van der Waals surface area contributed by atoms with Gasteiger partial charge >= 0.3 is 5.97 Å². The zero-order valence-corrected chi connectivity index (χ0v) is 26.6. The predicted octanol–water partition coefficient (Wildman–Crippen LogP) is -4.68. The van der Waals surface area contributed by atoms with E-state index >= 15 is 0 Å². The minimum atomic E-state index is -1.50. The van der Waals surface area contributed by atoms with Crippen LogP contribution in [0.1, 0.15) is 31.2 Å². The highest BCUT2D eigenvalue weighted by atomic mass is 32.1. The first-order valence-electron chi connectivity index (χ1n) is 14.5. The van der Waals surface area contributed by atoms with E-state index in [-0.39, 0.29) is 62.2 Å². The van der Waals surface area contributed by atoms with E-state index in [9.17, 15) is 39.3 Å². The van der Waals surface area contributed by atoms with E-state index in [1.807, 2.05) is 0 Å². The van der Waals surface area contributed by atoms with Crippen molar-refractivity contribution in [3.8, 4) is 5.75 Å². The Morgan fingerprint density at radius 1 is 0.723 bits per heavy atom. The lowest BCUT2D eigenvalue weighted by molar-refractivity contribution is -0.142. The number of aliphatic hydroxyl groups excluding tert-OH is 1. The molecule has 0 aliphatic rings. The largest absolute Gasteiger partial charge is 0.508 e. The number of hydrogen-bond donors (Lipinski definition) is 13. The molecule has 19 nitrogen and oxygen atoms in total. The zero-order chi connectivity index (χ0) is 35.5. The number of carbonyl (C=O) groups is 5. The van der Waals surface area contributed by atoms with Crippen LogP contribution in [0.2, 0.25) is 0 Å². The number of nitrogens with zero attached hydrogens (tertiary/aromatic N) is 2. The normalized spacial score (nSPS) is 13.9. The molecule has 20 heteroatoms. The molecule has 0 saturated carbocycles. The Morgan fingerprint density at radius 3 is 1.70 bits per heavy atom. The third-order valence-corrected chi connectivity index (χ3v) is 6.87. The maximum absolute atomic E-state index is 13.4. The Balaban J connectivity index is 3.04. The molecule has 17 N–H and O–H groups in total. The minimum absolute atomic E-state index is 0.0151. The molecule has 262 valence electrons. The van der Waals surface area contributed by atoms with Crippen LogP contribution in [0.5, 0.6) is 5.75 Å². The maximum Gasteiger partial charge on any atom is 0.326 e. The zero-order valence-electron chi connectivity index (χ0n) is 25.7. The number of phenols is 1. The van der Waals surface area contributed by atoms with Crippen molar-refractivity contribution < 1.29 is 39.3 Å². The summed E-state index contributed by atoms with van der Waals surface area (Å²) in [5.41, 5.74) is 27.4. The number of thiol groups is 1. The van der Waals surface area contributed by atoms with Gasteiger partial charge in [0, 0.05) is 25.3 Å². The standard InChI is InChI=1S/C27H45N11O8S/c28-16(3-1-9-33-26(29)30)21(41)37-19(12-39)23(43)36-18(11-14-5-7-15(40)8-6-14)22(42)38-20(13-47)24(44)35-17(25(45)46)4-2-10-34-27(31)32/h5-8,16-20,39-40,47H,1-4,9-13,28H2,(H,35,44)(H,36,43)(H,37,41)(H,38,42)(H,45,46)(H4,29,30,33)(H4,31,32,34)/t16-,17-,18-,19-,20-/m0/s1. The van der Waals surface area contributed by atoms with Crippen molar-refractivity contribution >= 4 is 54.1 Å². The molecule has 0 aromatic heterocycles. The molecule has 0 radical (unpaired) electrons. The number of nitrogens with one attached hydrogen (secondary N) is 4. The first kappa shape index (κ1) is 40.2. The van der Waals surface area contributed by atoms with Crippen LogP contribution in [0.3, 0.4) is 0 Å². The third-order valence-electron chi connectivity index (χ3n) is 6.50. The fourth-order valence-electron chi connectivity index (χ4n) is 3.97. The smallest absolute Gasteiger partial charge is 0.326 e. The molecule has 1 rings (SSSR count). The quantitative estimate of drug-likeness (QED) is 0.0251. The minimum Gasteiger partial charge on any atom is -0.508 e. The van der Waals surface area contributed by atoms with Gasteiger partial charge in [-0.05, 0) is 43.4 Å².